The lowest BCUT2D eigenvalue weighted by Crippen LogP contribution is -2.29. The Bertz CT molecular complexity index is 1480. The highest BCUT2D eigenvalue weighted by atomic mass is 16.6. The number of carboxylic acids is 1. The first kappa shape index (κ1) is 31.5. The van der Waals surface area contributed by atoms with Crippen molar-refractivity contribution in [3.05, 3.63) is 51.8 Å². The van der Waals surface area contributed by atoms with Crippen LogP contribution in [-0.2, 0) is 4.74 Å². The number of benzene rings is 1. The molecule has 0 saturated carbocycles. The average molecular weight is 583 g/mol. The number of carbonyl (C=O) groups excluding carboxylic acids is 1. The Kier molecular flexibility index (Phi) is 10.1. The van der Waals surface area contributed by atoms with Gasteiger partial charge in [0, 0.05) is 57.3 Å². The molecular formula is C27H34N8O7. The van der Waals surface area contributed by atoms with Gasteiger partial charge in [-0.05, 0) is 34.0 Å². The number of aromatic nitrogens is 3. The number of likely N-dealkylation sites (N-methyl/N-ethyl adjacent to an activating group) is 2. The number of aromatic carboxylic acids is 1. The van der Waals surface area contributed by atoms with Gasteiger partial charge in [-0.2, -0.15) is 0 Å². The Morgan fingerprint density at radius 2 is 1.81 bits per heavy atom. The largest absolute Gasteiger partial charge is 0.494 e. The monoisotopic (exact) mass is 582 g/mol. The van der Waals surface area contributed by atoms with Crippen LogP contribution in [0, 0.1) is 10.1 Å². The summed E-state index contributed by atoms with van der Waals surface area (Å²) in [4.78, 5) is 52.8. The van der Waals surface area contributed by atoms with Gasteiger partial charge in [-0.3, -0.25) is 10.1 Å². The molecule has 0 unspecified atom stereocenters. The maximum absolute atomic E-state index is 12.9. The molecule has 0 aliphatic heterocycles. The molecule has 0 radical (unpaired) electrons. The second-order valence-corrected chi connectivity index (χ2v) is 9.73. The Morgan fingerprint density at radius 3 is 2.38 bits per heavy atom. The molecule has 0 amide bonds. The van der Waals surface area contributed by atoms with Gasteiger partial charge in [0.2, 0.25) is 5.95 Å². The highest BCUT2D eigenvalue weighted by molar-refractivity contribution is 5.98. The molecule has 3 aromatic rings. The third kappa shape index (κ3) is 7.37. The summed E-state index contributed by atoms with van der Waals surface area (Å²) in [6, 6.07) is 4.18. The molecule has 2 aromatic heterocycles. The van der Waals surface area contributed by atoms with Crippen LogP contribution in [0.4, 0.5) is 28.8 Å². The van der Waals surface area contributed by atoms with Crippen LogP contribution in [-0.4, -0.2) is 96.3 Å². The second-order valence-electron chi connectivity index (χ2n) is 9.73. The summed E-state index contributed by atoms with van der Waals surface area (Å²) in [7, 11) is 8.53. The van der Waals surface area contributed by atoms with Crippen molar-refractivity contribution >= 4 is 40.8 Å². The van der Waals surface area contributed by atoms with E-state index in [1.54, 1.807) is 31.9 Å². The minimum atomic E-state index is -1.24. The van der Waals surface area contributed by atoms with Crippen LogP contribution in [0.2, 0.25) is 0 Å². The number of nitro benzene ring substituents is 1. The number of nitro groups is 1. The number of esters is 1. The molecule has 0 fully saturated rings. The van der Waals surface area contributed by atoms with Crippen molar-refractivity contribution in [2.45, 2.75) is 20.0 Å². The molecule has 42 heavy (non-hydrogen) atoms. The van der Waals surface area contributed by atoms with Crippen molar-refractivity contribution in [2.24, 2.45) is 0 Å². The van der Waals surface area contributed by atoms with E-state index in [4.69, 9.17) is 9.47 Å². The predicted molar refractivity (Wildman–Crippen MR) is 157 cm³/mol. The van der Waals surface area contributed by atoms with Crippen LogP contribution in [0.25, 0.3) is 11.3 Å². The van der Waals surface area contributed by atoms with Gasteiger partial charge in [0.05, 0.1) is 29.5 Å². The smallest absolute Gasteiger partial charge is 0.342 e. The molecule has 3 N–H and O–H groups in total. The minimum absolute atomic E-state index is 0.0274. The van der Waals surface area contributed by atoms with E-state index in [0.717, 1.165) is 0 Å². The van der Waals surface area contributed by atoms with Crippen LogP contribution in [0.3, 0.4) is 0 Å². The number of ether oxygens (including phenoxy) is 2. The minimum Gasteiger partial charge on any atom is -0.494 e. The number of carbonyl (C=O) groups is 2. The van der Waals surface area contributed by atoms with Gasteiger partial charge < -0.3 is 35.0 Å². The van der Waals surface area contributed by atoms with Gasteiger partial charge in [0.15, 0.2) is 0 Å². The van der Waals surface area contributed by atoms with E-state index in [9.17, 15) is 24.8 Å². The van der Waals surface area contributed by atoms with E-state index in [-0.39, 0.29) is 51.3 Å². The van der Waals surface area contributed by atoms with E-state index in [1.165, 1.54) is 38.7 Å². The summed E-state index contributed by atoms with van der Waals surface area (Å²) in [5.74, 6) is -1.59. The molecule has 0 aliphatic carbocycles. The van der Waals surface area contributed by atoms with Crippen molar-refractivity contribution in [3.8, 4) is 17.0 Å². The highest BCUT2D eigenvalue weighted by Crippen LogP contribution is 2.39. The number of rotatable bonds is 13. The van der Waals surface area contributed by atoms with Crippen LogP contribution >= 0.6 is 0 Å². The molecule has 15 nitrogen and oxygen atoms in total. The van der Waals surface area contributed by atoms with Gasteiger partial charge in [0.25, 0.3) is 5.69 Å². The number of hydrogen-bond donors (Lipinski definition) is 3. The first-order valence-electron chi connectivity index (χ1n) is 12.8. The number of pyridine rings is 1. The number of nitrogens with one attached hydrogen (secondary N) is 2. The van der Waals surface area contributed by atoms with Crippen LogP contribution in [0.15, 0.2) is 30.6 Å². The SMILES string of the molecule is CNc1ncc(-c2nc(Nc3cc([N+](=O)[O-])c(N(C)CCN(C)C)cc3OC)ncc2C(=O)OC(C)C)cc1C(=O)O. The normalized spacial score (nSPS) is 10.9. The average Bonchev–Trinajstić information content (AvgIpc) is 2.94. The van der Waals surface area contributed by atoms with E-state index >= 15 is 0 Å². The van der Waals surface area contributed by atoms with Crippen molar-refractivity contribution in [1.29, 1.82) is 0 Å². The molecule has 3 rings (SSSR count). The molecule has 0 atom stereocenters. The Hall–Kier alpha value is -5.05. The molecule has 2 heterocycles. The fraction of sp³-hybridized carbons (Fsp3) is 0.370. The van der Waals surface area contributed by atoms with Crippen LogP contribution < -0.4 is 20.3 Å². The number of nitrogens with zero attached hydrogens (tertiary/aromatic N) is 6. The number of carboxylic acid groups (broad SMARTS) is 1. The van der Waals surface area contributed by atoms with E-state index in [1.807, 2.05) is 19.0 Å². The number of anilines is 4. The second kappa shape index (κ2) is 13.5. The number of methoxy groups -OCH3 is 1. The van der Waals surface area contributed by atoms with Crippen molar-refractivity contribution < 1.29 is 29.1 Å². The molecule has 1 aromatic carbocycles. The first-order chi connectivity index (χ1) is 19.9. The Balaban J connectivity index is 2.13. The predicted octanol–water partition coefficient (Wildman–Crippen LogP) is 3.50. The molecule has 0 bridgehead atoms. The molecule has 0 saturated heterocycles. The Labute approximate surface area is 242 Å². The highest BCUT2D eigenvalue weighted by Gasteiger charge is 2.24. The lowest BCUT2D eigenvalue weighted by atomic mass is 10.1. The molecule has 0 spiro atoms. The summed E-state index contributed by atoms with van der Waals surface area (Å²) >= 11 is 0. The molecule has 15 heteroatoms. The zero-order chi connectivity index (χ0) is 31.1. The maximum Gasteiger partial charge on any atom is 0.342 e. The number of hydrogen-bond acceptors (Lipinski definition) is 13. The lowest BCUT2D eigenvalue weighted by Gasteiger charge is -2.22. The van der Waals surface area contributed by atoms with Crippen molar-refractivity contribution in [1.82, 2.24) is 19.9 Å². The van der Waals surface area contributed by atoms with Crippen LogP contribution in [0.1, 0.15) is 34.6 Å². The topological polar surface area (TPSA) is 185 Å². The van der Waals surface area contributed by atoms with Gasteiger partial charge in [-0.15, -0.1) is 0 Å². The third-order valence-electron chi connectivity index (χ3n) is 6.01. The van der Waals surface area contributed by atoms with Crippen LogP contribution in [0.5, 0.6) is 5.75 Å². The zero-order valence-corrected chi connectivity index (χ0v) is 24.5. The summed E-state index contributed by atoms with van der Waals surface area (Å²) in [6.45, 7) is 4.57. The van der Waals surface area contributed by atoms with E-state index in [0.29, 0.717) is 18.8 Å². The summed E-state index contributed by atoms with van der Waals surface area (Å²) in [6.07, 6.45) is 2.15. The summed E-state index contributed by atoms with van der Waals surface area (Å²) in [5.41, 5.74) is 0.474. The molecule has 0 aliphatic rings. The third-order valence-corrected chi connectivity index (χ3v) is 6.01. The summed E-state index contributed by atoms with van der Waals surface area (Å²) in [5, 5.41) is 27.3. The van der Waals surface area contributed by atoms with E-state index in [2.05, 4.69) is 25.6 Å². The summed E-state index contributed by atoms with van der Waals surface area (Å²) < 4.78 is 10.9. The van der Waals surface area contributed by atoms with E-state index < -0.39 is 23.0 Å². The molecule has 224 valence electrons. The van der Waals surface area contributed by atoms with Crippen molar-refractivity contribution in [3.63, 3.8) is 0 Å². The molecular weight excluding hydrogens is 548 g/mol. The fourth-order valence-electron chi connectivity index (χ4n) is 3.91. The van der Waals surface area contributed by atoms with Gasteiger partial charge in [-0.1, -0.05) is 0 Å². The first-order valence-corrected chi connectivity index (χ1v) is 12.8. The Morgan fingerprint density at radius 1 is 1.10 bits per heavy atom. The van der Waals surface area contributed by atoms with Gasteiger partial charge in [-0.25, -0.2) is 24.5 Å². The fourth-order valence-corrected chi connectivity index (χ4v) is 3.91. The van der Waals surface area contributed by atoms with Gasteiger partial charge >= 0.3 is 11.9 Å². The lowest BCUT2D eigenvalue weighted by molar-refractivity contribution is -0.384. The maximum atomic E-state index is 12.9. The quantitative estimate of drug-likeness (QED) is 0.151. The standard InChI is InChI=1S/C27H34N8O7/c1-15(2)42-26(38)18-14-30-27(32-23(18)16-10-17(25(36)37)24(28-3)29-13-16)31-19-11-21(35(39)40)20(12-22(19)41-7)34(6)9-8-33(4)5/h10-15H,8-9H2,1-7H3,(H,28,29)(H,36,37)(H,30,31,32). The van der Waals surface area contributed by atoms with Crippen molar-refractivity contribution in [2.75, 3.05) is 63.9 Å². The zero-order valence-electron chi connectivity index (χ0n) is 24.5. The van der Waals surface area contributed by atoms with Gasteiger partial charge in [0.1, 0.15) is 28.4 Å².